The van der Waals surface area contributed by atoms with Gasteiger partial charge in [-0.3, -0.25) is 0 Å². The number of anilines is 1. The van der Waals surface area contributed by atoms with Gasteiger partial charge in [-0.1, -0.05) is 41.9 Å². The van der Waals surface area contributed by atoms with Gasteiger partial charge in [0, 0.05) is 11.6 Å². The van der Waals surface area contributed by atoms with Crippen LogP contribution in [0.5, 0.6) is 0 Å². The predicted octanol–water partition coefficient (Wildman–Crippen LogP) is 5.28. The SMILES string of the molecule is Clc1ccccc1CCCNC1=Nc2ccccc2NC12CCSCC2. The molecule has 4 rings (SSSR count). The van der Waals surface area contributed by atoms with E-state index in [-0.39, 0.29) is 5.54 Å². The molecule has 2 heterocycles. The van der Waals surface area contributed by atoms with Crippen LogP contribution in [0.1, 0.15) is 24.8 Å². The second-order valence-electron chi connectivity index (χ2n) is 6.92. The average molecular weight is 386 g/mol. The number of nitrogens with one attached hydrogen (secondary N) is 2. The van der Waals surface area contributed by atoms with Crippen LogP contribution in [0, 0.1) is 0 Å². The summed E-state index contributed by atoms with van der Waals surface area (Å²) in [7, 11) is 0. The van der Waals surface area contributed by atoms with Crippen LogP contribution in [0.25, 0.3) is 0 Å². The lowest BCUT2D eigenvalue weighted by Gasteiger charge is -2.42. The molecular formula is C21H24ClN3S. The number of rotatable bonds is 4. The van der Waals surface area contributed by atoms with Crippen molar-refractivity contribution in [3.8, 4) is 0 Å². The molecule has 2 aromatic rings. The summed E-state index contributed by atoms with van der Waals surface area (Å²) in [4.78, 5) is 4.99. The fourth-order valence-corrected chi connectivity index (χ4v) is 5.12. The molecule has 0 radical (unpaired) electrons. The van der Waals surface area contributed by atoms with Crippen molar-refractivity contribution < 1.29 is 0 Å². The van der Waals surface area contributed by atoms with E-state index in [0.29, 0.717) is 0 Å². The lowest BCUT2D eigenvalue weighted by Crippen LogP contribution is -2.56. The Hall–Kier alpha value is -1.65. The van der Waals surface area contributed by atoms with Crippen molar-refractivity contribution in [2.45, 2.75) is 31.2 Å². The van der Waals surface area contributed by atoms with E-state index in [0.717, 1.165) is 54.5 Å². The Morgan fingerprint density at radius 2 is 1.85 bits per heavy atom. The molecule has 1 saturated heterocycles. The summed E-state index contributed by atoms with van der Waals surface area (Å²) in [5.41, 5.74) is 3.36. The lowest BCUT2D eigenvalue weighted by molar-refractivity contribution is 0.542. The molecule has 2 aromatic carbocycles. The van der Waals surface area contributed by atoms with Gasteiger partial charge in [-0.15, -0.1) is 0 Å². The van der Waals surface area contributed by atoms with E-state index in [9.17, 15) is 0 Å². The molecular weight excluding hydrogens is 362 g/mol. The second kappa shape index (κ2) is 7.93. The Morgan fingerprint density at radius 1 is 1.08 bits per heavy atom. The number of halogens is 1. The molecule has 0 unspecified atom stereocenters. The number of thioether (sulfide) groups is 1. The summed E-state index contributed by atoms with van der Waals surface area (Å²) >= 11 is 8.30. The zero-order valence-corrected chi connectivity index (χ0v) is 16.4. The number of hydrogen-bond donors (Lipinski definition) is 2. The van der Waals surface area contributed by atoms with E-state index in [1.807, 2.05) is 30.0 Å². The molecule has 0 amide bonds. The van der Waals surface area contributed by atoms with Crippen LogP contribution in [-0.2, 0) is 6.42 Å². The van der Waals surface area contributed by atoms with Crippen LogP contribution < -0.4 is 10.6 Å². The summed E-state index contributed by atoms with van der Waals surface area (Å²) in [5, 5.41) is 8.31. The maximum atomic E-state index is 6.27. The molecule has 1 fully saturated rings. The van der Waals surface area contributed by atoms with Gasteiger partial charge in [0.05, 0.1) is 16.9 Å². The van der Waals surface area contributed by atoms with Crippen LogP contribution >= 0.6 is 23.4 Å². The molecule has 0 aliphatic carbocycles. The number of para-hydroxylation sites is 2. The molecule has 0 bridgehead atoms. The minimum absolute atomic E-state index is 0.0377. The van der Waals surface area contributed by atoms with E-state index in [1.54, 1.807) is 0 Å². The fraction of sp³-hybridized carbons (Fsp3) is 0.381. The third-order valence-electron chi connectivity index (χ3n) is 5.18. The highest BCUT2D eigenvalue weighted by Crippen LogP contribution is 2.39. The minimum atomic E-state index is -0.0377. The molecule has 0 saturated carbocycles. The molecule has 26 heavy (non-hydrogen) atoms. The first-order valence-electron chi connectivity index (χ1n) is 9.28. The van der Waals surface area contributed by atoms with Gasteiger partial charge in [0.25, 0.3) is 0 Å². The van der Waals surface area contributed by atoms with E-state index in [4.69, 9.17) is 16.6 Å². The molecule has 2 aliphatic heterocycles. The Kier molecular flexibility index (Phi) is 5.41. The predicted molar refractivity (Wildman–Crippen MR) is 114 cm³/mol. The first kappa shape index (κ1) is 17.7. The molecule has 136 valence electrons. The van der Waals surface area contributed by atoms with Crippen LogP contribution in [0.3, 0.4) is 0 Å². The second-order valence-corrected chi connectivity index (χ2v) is 8.55. The zero-order valence-electron chi connectivity index (χ0n) is 14.8. The molecule has 0 atom stereocenters. The number of nitrogens with zero attached hydrogens (tertiary/aromatic N) is 1. The van der Waals surface area contributed by atoms with Crippen molar-refractivity contribution in [3.63, 3.8) is 0 Å². The summed E-state index contributed by atoms with van der Waals surface area (Å²) in [6.07, 6.45) is 4.24. The quantitative estimate of drug-likeness (QED) is 0.702. The van der Waals surface area contributed by atoms with Gasteiger partial charge in [-0.2, -0.15) is 11.8 Å². The summed E-state index contributed by atoms with van der Waals surface area (Å²) in [5.74, 6) is 3.46. The topological polar surface area (TPSA) is 36.4 Å². The van der Waals surface area contributed by atoms with Crippen molar-refractivity contribution in [2.24, 2.45) is 4.99 Å². The first-order chi connectivity index (χ1) is 12.8. The Bertz CT molecular complexity index is 799. The van der Waals surface area contributed by atoms with E-state index in [2.05, 4.69) is 41.0 Å². The van der Waals surface area contributed by atoms with Gasteiger partial charge in [0.2, 0.25) is 0 Å². The van der Waals surface area contributed by atoms with Gasteiger partial charge in [-0.25, -0.2) is 4.99 Å². The van der Waals surface area contributed by atoms with Crippen molar-refractivity contribution in [1.82, 2.24) is 5.32 Å². The monoisotopic (exact) mass is 385 g/mol. The van der Waals surface area contributed by atoms with Crippen molar-refractivity contribution >= 4 is 40.6 Å². The number of benzene rings is 2. The van der Waals surface area contributed by atoms with Crippen LogP contribution in [0.15, 0.2) is 53.5 Å². The number of hydrogen-bond acceptors (Lipinski definition) is 4. The number of aliphatic imine (C=N–C) groups is 1. The molecule has 5 heteroatoms. The molecule has 0 aromatic heterocycles. The largest absolute Gasteiger partial charge is 0.372 e. The zero-order chi connectivity index (χ0) is 17.8. The molecule has 2 N–H and O–H groups in total. The van der Waals surface area contributed by atoms with Gasteiger partial charge in [0.1, 0.15) is 5.84 Å². The van der Waals surface area contributed by atoms with E-state index < -0.39 is 0 Å². The van der Waals surface area contributed by atoms with Gasteiger partial charge in [0.15, 0.2) is 0 Å². The highest BCUT2D eigenvalue weighted by molar-refractivity contribution is 7.99. The highest BCUT2D eigenvalue weighted by Gasteiger charge is 2.40. The Labute approximate surface area is 164 Å². The third kappa shape index (κ3) is 3.72. The van der Waals surface area contributed by atoms with E-state index >= 15 is 0 Å². The molecule has 1 spiro atoms. The molecule has 2 aliphatic rings. The van der Waals surface area contributed by atoms with Gasteiger partial charge < -0.3 is 10.6 Å². The standard InChI is InChI=1S/C21H24ClN3S/c22-17-8-2-1-6-16(17)7-5-13-23-20-21(11-14-26-15-12-21)25-19-10-4-3-9-18(19)24-20/h1-4,6,8-10,25H,5,7,11-15H2,(H,23,24). The van der Waals surface area contributed by atoms with Gasteiger partial charge >= 0.3 is 0 Å². The maximum absolute atomic E-state index is 6.27. The minimum Gasteiger partial charge on any atom is -0.372 e. The summed E-state index contributed by atoms with van der Waals surface area (Å²) in [6.45, 7) is 0.906. The van der Waals surface area contributed by atoms with Gasteiger partial charge in [-0.05, 0) is 61.0 Å². The van der Waals surface area contributed by atoms with Crippen molar-refractivity contribution in [2.75, 3.05) is 23.4 Å². The fourth-order valence-electron chi connectivity index (χ4n) is 3.70. The highest BCUT2D eigenvalue weighted by atomic mass is 35.5. The van der Waals surface area contributed by atoms with Crippen molar-refractivity contribution in [1.29, 1.82) is 0 Å². The average Bonchev–Trinajstić information content (AvgIpc) is 2.67. The normalized spacial score (nSPS) is 18.0. The van der Waals surface area contributed by atoms with Crippen molar-refractivity contribution in [3.05, 3.63) is 59.1 Å². The summed E-state index contributed by atoms with van der Waals surface area (Å²) < 4.78 is 0. The smallest absolute Gasteiger partial charge is 0.128 e. The Balaban J connectivity index is 1.46. The number of fused-ring (bicyclic) bond motifs is 1. The van der Waals surface area contributed by atoms with Crippen LogP contribution in [0.2, 0.25) is 5.02 Å². The third-order valence-corrected chi connectivity index (χ3v) is 6.54. The van der Waals surface area contributed by atoms with E-state index in [1.165, 1.54) is 17.1 Å². The van der Waals surface area contributed by atoms with Crippen LogP contribution in [0.4, 0.5) is 11.4 Å². The Morgan fingerprint density at radius 3 is 2.69 bits per heavy atom. The first-order valence-corrected chi connectivity index (χ1v) is 10.8. The van der Waals surface area contributed by atoms with Crippen LogP contribution in [-0.4, -0.2) is 29.4 Å². The number of aryl methyl sites for hydroxylation is 1. The number of amidine groups is 1. The maximum Gasteiger partial charge on any atom is 0.128 e. The lowest BCUT2D eigenvalue weighted by atomic mass is 9.88. The summed E-state index contributed by atoms with van der Waals surface area (Å²) in [6, 6.07) is 16.4. The molecule has 3 nitrogen and oxygen atoms in total.